The highest BCUT2D eigenvalue weighted by molar-refractivity contribution is 5.81. The maximum absolute atomic E-state index is 12.8. The summed E-state index contributed by atoms with van der Waals surface area (Å²) < 4.78 is 94.1. The van der Waals surface area contributed by atoms with E-state index in [1.807, 2.05) is 30.3 Å². The molecule has 0 unspecified atom stereocenters. The molecule has 0 saturated carbocycles. The number of hydrogen-bond acceptors (Lipinski definition) is 6. The van der Waals surface area contributed by atoms with Crippen molar-refractivity contribution in [1.29, 1.82) is 0 Å². The summed E-state index contributed by atoms with van der Waals surface area (Å²) in [5.41, 5.74) is -0.565. The summed E-state index contributed by atoms with van der Waals surface area (Å²) in [6.07, 6.45) is -10.2. The average Bonchev–Trinajstić information content (AvgIpc) is 3.08. The lowest BCUT2D eigenvalue weighted by molar-refractivity contribution is -0.173. The number of carbonyl (C=O) groups excluding carboxylic acids is 2. The van der Waals surface area contributed by atoms with Crippen molar-refractivity contribution < 1.29 is 55.2 Å². The summed E-state index contributed by atoms with van der Waals surface area (Å²) in [6, 6.07) is 23.3. The fourth-order valence-corrected chi connectivity index (χ4v) is 5.34. The molecule has 48 heavy (non-hydrogen) atoms. The van der Waals surface area contributed by atoms with Gasteiger partial charge in [0.25, 0.3) is 0 Å². The van der Waals surface area contributed by atoms with Gasteiger partial charge < -0.3 is 30.0 Å². The van der Waals surface area contributed by atoms with E-state index >= 15 is 0 Å². The number of amides is 2. The van der Waals surface area contributed by atoms with Gasteiger partial charge in [0.1, 0.15) is 17.1 Å². The molecule has 0 radical (unpaired) electrons. The molecule has 0 aliphatic heterocycles. The van der Waals surface area contributed by atoms with Gasteiger partial charge in [-0.2, -0.15) is 26.3 Å². The Morgan fingerprint density at radius 1 is 0.646 bits per heavy atom. The van der Waals surface area contributed by atoms with Crippen LogP contribution >= 0.6 is 0 Å². The summed E-state index contributed by atoms with van der Waals surface area (Å²) in [7, 11) is 3.03. The maximum Gasteiger partial charge on any atom is 0.471 e. The molecule has 0 heterocycles. The van der Waals surface area contributed by atoms with Crippen LogP contribution in [0.1, 0.15) is 42.4 Å². The van der Waals surface area contributed by atoms with Crippen LogP contribution in [0.25, 0.3) is 0 Å². The molecule has 3 aromatic carbocycles. The molecular formula is C34H38F6N2O6. The summed E-state index contributed by atoms with van der Waals surface area (Å²) >= 11 is 0. The van der Waals surface area contributed by atoms with Gasteiger partial charge in [0.15, 0.2) is 0 Å². The number of halogens is 6. The van der Waals surface area contributed by atoms with E-state index in [2.05, 4.69) is 0 Å². The van der Waals surface area contributed by atoms with Gasteiger partial charge in [0.2, 0.25) is 0 Å². The van der Waals surface area contributed by atoms with Crippen molar-refractivity contribution in [3.63, 3.8) is 0 Å². The van der Waals surface area contributed by atoms with E-state index in [4.69, 9.17) is 14.2 Å². The number of methoxy groups -OCH3 is 2. The van der Waals surface area contributed by atoms with Crippen molar-refractivity contribution in [3.8, 4) is 11.5 Å². The van der Waals surface area contributed by atoms with E-state index in [0.29, 0.717) is 28.2 Å². The lowest BCUT2D eigenvalue weighted by Crippen LogP contribution is -2.42. The van der Waals surface area contributed by atoms with Gasteiger partial charge in [0.05, 0.1) is 27.4 Å². The smallest absolute Gasteiger partial charge is 0.471 e. The average molecular weight is 685 g/mol. The summed E-state index contributed by atoms with van der Waals surface area (Å²) in [6.45, 7) is -1.56. The number of nitrogens with one attached hydrogen (secondary N) is 2. The van der Waals surface area contributed by atoms with Crippen molar-refractivity contribution in [1.82, 2.24) is 10.6 Å². The highest BCUT2D eigenvalue weighted by atomic mass is 19.4. The predicted molar refractivity (Wildman–Crippen MR) is 164 cm³/mol. The molecule has 3 rings (SSSR count). The second-order valence-electron chi connectivity index (χ2n) is 11.2. The van der Waals surface area contributed by atoms with Crippen LogP contribution in [0.15, 0.2) is 78.9 Å². The summed E-state index contributed by atoms with van der Waals surface area (Å²) in [5.74, 6) is -3.10. The molecule has 14 heteroatoms. The number of hydrogen-bond donors (Lipinski definition) is 3. The van der Waals surface area contributed by atoms with Crippen LogP contribution in [-0.4, -0.2) is 69.8 Å². The number of rotatable bonds is 17. The fraction of sp³-hybridized carbons (Fsp3) is 0.412. The Balaban J connectivity index is 2.04. The Kier molecular flexibility index (Phi) is 13.3. The first-order chi connectivity index (χ1) is 22.7. The molecule has 0 atom stereocenters. The third-order valence-electron chi connectivity index (χ3n) is 7.96. The fourth-order valence-electron chi connectivity index (χ4n) is 5.34. The van der Waals surface area contributed by atoms with Crippen LogP contribution in [0.2, 0.25) is 0 Å². The van der Waals surface area contributed by atoms with Crippen LogP contribution in [-0.2, 0) is 19.9 Å². The van der Waals surface area contributed by atoms with Gasteiger partial charge in [0, 0.05) is 18.5 Å². The van der Waals surface area contributed by atoms with E-state index < -0.39 is 41.8 Å². The predicted octanol–water partition coefficient (Wildman–Crippen LogP) is 5.91. The van der Waals surface area contributed by atoms with Gasteiger partial charge in [-0.25, -0.2) is 0 Å². The monoisotopic (exact) mass is 684 g/mol. The molecule has 0 spiro atoms. The Morgan fingerprint density at radius 3 is 1.40 bits per heavy atom. The molecule has 0 aliphatic rings. The molecule has 3 N–H and O–H groups in total. The van der Waals surface area contributed by atoms with Crippen molar-refractivity contribution in [2.45, 2.75) is 43.6 Å². The minimum atomic E-state index is -5.08. The topological polar surface area (TPSA) is 106 Å². The normalized spacial score (nSPS) is 12.4. The maximum atomic E-state index is 12.8. The van der Waals surface area contributed by atoms with Crippen molar-refractivity contribution in [2.24, 2.45) is 5.41 Å². The number of carbonyl (C=O) groups is 2. The van der Waals surface area contributed by atoms with E-state index in [-0.39, 0.29) is 45.4 Å². The van der Waals surface area contributed by atoms with Crippen LogP contribution in [0.3, 0.4) is 0 Å². The summed E-state index contributed by atoms with van der Waals surface area (Å²) in [5, 5.41) is 14.3. The molecule has 3 aromatic rings. The van der Waals surface area contributed by atoms with Crippen molar-refractivity contribution in [2.75, 3.05) is 40.5 Å². The van der Waals surface area contributed by atoms with Crippen LogP contribution in [0.4, 0.5) is 26.3 Å². The van der Waals surface area contributed by atoms with Crippen LogP contribution < -0.4 is 20.1 Å². The van der Waals surface area contributed by atoms with E-state index in [1.54, 1.807) is 59.2 Å². The molecule has 262 valence electrons. The zero-order valence-corrected chi connectivity index (χ0v) is 26.4. The minimum Gasteiger partial charge on any atom is -0.497 e. The van der Waals surface area contributed by atoms with Gasteiger partial charge in [-0.3, -0.25) is 9.59 Å². The number of alkyl halides is 6. The lowest BCUT2D eigenvalue weighted by Gasteiger charge is -2.41. The molecule has 8 nitrogen and oxygen atoms in total. The first-order valence-corrected chi connectivity index (χ1v) is 15.0. The van der Waals surface area contributed by atoms with Crippen molar-refractivity contribution in [3.05, 3.63) is 95.6 Å². The zero-order valence-electron chi connectivity index (χ0n) is 26.4. The van der Waals surface area contributed by atoms with Gasteiger partial charge in [-0.15, -0.1) is 0 Å². The lowest BCUT2D eigenvalue weighted by atomic mass is 9.77. The van der Waals surface area contributed by atoms with Crippen LogP contribution in [0, 0.1) is 5.41 Å². The number of benzene rings is 3. The SMILES string of the molecule is COc1ccc(C(OCC(CO)(CCCNC(=O)C(F)(F)F)CCCNC(=O)C(F)(F)F)(c2ccccc2)c2ccc(OC)cc2)cc1. The van der Waals surface area contributed by atoms with E-state index in [0.717, 1.165) is 0 Å². The Labute approximate surface area is 274 Å². The molecule has 0 aromatic heterocycles. The minimum absolute atomic E-state index is 0.0188. The highest BCUT2D eigenvalue weighted by Gasteiger charge is 2.42. The molecule has 0 fully saturated rings. The molecule has 0 bridgehead atoms. The number of ether oxygens (including phenoxy) is 3. The molecule has 2 amide bonds. The second kappa shape index (κ2) is 16.7. The number of aliphatic hydroxyl groups is 1. The highest BCUT2D eigenvalue weighted by Crippen LogP contribution is 2.44. The van der Waals surface area contributed by atoms with Gasteiger partial charge in [-0.05, 0) is 66.6 Å². The summed E-state index contributed by atoms with van der Waals surface area (Å²) in [4.78, 5) is 22.7. The second-order valence-corrected chi connectivity index (χ2v) is 11.2. The zero-order chi connectivity index (χ0) is 35.4. The third kappa shape index (κ3) is 9.86. The third-order valence-corrected chi connectivity index (χ3v) is 7.96. The molecule has 0 saturated heterocycles. The Morgan fingerprint density at radius 2 is 1.04 bits per heavy atom. The standard InChI is InChI=1S/C34H38F6N2O6/c1-46-27-14-10-25(11-15-27)32(24-8-4-3-5-9-24,26-12-16-28(47-2)17-13-26)48-23-31(22-43,18-6-20-41-29(44)33(35,36)37)19-7-21-42-30(45)34(38,39)40/h3-5,8-17,43H,6-7,18-23H2,1-2H3,(H,41,44)(H,42,45). The first kappa shape index (κ1) is 38.2. The number of aliphatic hydroxyl groups excluding tert-OH is 1. The van der Waals surface area contributed by atoms with Crippen molar-refractivity contribution >= 4 is 11.8 Å². The molecule has 0 aliphatic carbocycles. The molecular weight excluding hydrogens is 646 g/mol. The van der Waals surface area contributed by atoms with Gasteiger partial charge >= 0.3 is 24.2 Å². The quantitative estimate of drug-likeness (QED) is 0.0929. The first-order valence-electron chi connectivity index (χ1n) is 15.0. The van der Waals surface area contributed by atoms with Crippen LogP contribution in [0.5, 0.6) is 11.5 Å². The van der Waals surface area contributed by atoms with Gasteiger partial charge in [-0.1, -0.05) is 54.6 Å². The largest absolute Gasteiger partial charge is 0.497 e. The van der Waals surface area contributed by atoms with E-state index in [1.165, 1.54) is 14.2 Å². The van der Waals surface area contributed by atoms with E-state index in [9.17, 15) is 41.0 Å². The Hall–Kier alpha value is -4.30. The Bertz CT molecular complexity index is 1370.